The number of aromatic nitrogens is 2. The third kappa shape index (κ3) is 4.49. The molecule has 1 aromatic heterocycles. The Hall–Kier alpha value is -0.980. The Morgan fingerprint density at radius 2 is 2.05 bits per heavy atom. The van der Waals surface area contributed by atoms with Crippen molar-refractivity contribution in [2.45, 2.75) is 51.0 Å². The number of methoxy groups -OCH3 is 1. The van der Waals surface area contributed by atoms with Gasteiger partial charge in [-0.05, 0) is 31.6 Å². The molecule has 1 saturated carbocycles. The first-order valence-corrected chi connectivity index (χ1v) is 7.86. The largest absolute Gasteiger partial charge is 0.382 e. The van der Waals surface area contributed by atoms with Crippen molar-refractivity contribution < 1.29 is 14.0 Å². The molecule has 0 amide bonds. The van der Waals surface area contributed by atoms with Crippen LogP contribution in [0.25, 0.3) is 0 Å². The molecule has 0 saturated heterocycles. The van der Waals surface area contributed by atoms with Crippen molar-refractivity contribution >= 4 is 0 Å². The maximum Gasteiger partial charge on any atom is 0.246 e. The van der Waals surface area contributed by atoms with E-state index in [-0.39, 0.29) is 0 Å². The molecule has 1 aliphatic carbocycles. The lowest BCUT2D eigenvalue weighted by molar-refractivity contribution is 0.0714. The van der Waals surface area contributed by atoms with Gasteiger partial charge in [0.25, 0.3) is 0 Å². The van der Waals surface area contributed by atoms with Gasteiger partial charge in [0.2, 0.25) is 5.89 Å². The lowest BCUT2D eigenvalue weighted by Crippen LogP contribution is -2.40. The van der Waals surface area contributed by atoms with Crippen LogP contribution in [0.4, 0.5) is 0 Å². The zero-order valence-electron chi connectivity index (χ0n) is 13.1. The zero-order valence-corrected chi connectivity index (χ0v) is 13.1. The van der Waals surface area contributed by atoms with Crippen LogP contribution in [0.5, 0.6) is 0 Å². The lowest BCUT2D eigenvalue weighted by Gasteiger charge is -2.33. The quantitative estimate of drug-likeness (QED) is 0.739. The standard InChI is InChI=1S/C15H27N3O3/c1-3-12-4-7-15(16,8-5-12)14-17-13(18-21-14)6-9-20-11-10-19-2/h12H,3-11,16H2,1-2H3. The van der Waals surface area contributed by atoms with Crippen molar-refractivity contribution in [3.63, 3.8) is 0 Å². The van der Waals surface area contributed by atoms with E-state index < -0.39 is 5.54 Å². The molecule has 0 unspecified atom stereocenters. The van der Waals surface area contributed by atoms with Gasteiger partial charge in [0.15, 0.2) is 5.82 Å². The summed E-state index contributed by atoms with van der Waals surface area (Å²) in [6, 6.07) is 0. The molecule has 1 aliphatic rings. The van der Waals surface area contributed by atoms with E-state index in [4.69, 9.17) is 19.7 Å². The summed E-state index contributed by atoms with van der Waals surface area (Å²) in [5.41, 5.74) is 6.02. The van der Waals surface area contributed by atoms with Crippen molar-refractivity contribution in [2.75, 3.05) is 26.9 Å². The molecular weight excluding hydrogens is 270 g/mol. The fourth-order valence-corrected chi connectivity index (χ4v) is 2.78. The van der Waals surface area contributed by atoms with Gasteiger partial charge in [-0.25, -0.2) is 0 Å². The molecule has 0 spiro atoms. The van der Waals surface area contributed by atoms with E-state index in [9.17, 15) is 0 Å². The molecule has 0 bridgehead atoms. The number of hydrogen-bond acceptors (Lipinski definition) is 6. The van der Waals surface area contributed by atoms with Crippen molar-refractivity contribution in [3.05, 3.63) is 11.7 Å². The second-order valence-corrected chi connectivity index (χ2v) is 5.88. The third-order valence-electron chi connectivity index (χ3n) is 4.37. The average molecular weight is 297 g/mol. The van der Waals surface area contributed by atoms with E-state index >= 15 is 0 Å². The number of hydrogen-bond donors (Lipinski definition) is 1. The predicted molar refractivity (Wildman–Crippen MR) is 78.8 cm³/mol. The average Bonchev–Trinajstić information content (AvgIpc) is 2.98. The Morgan fingerprint density at radius 3 is 2.71 bits per heavy atom. The Kier molecular flexibility index (Phi) is 6.14. The molecule has 0 aromatic carbocycles. The smallest absolute Gasteiger partial charge is 0.246 e. The minimum atomic E-state index is -0.437. The van der Waals surface area contributed by atoms with Crippen LogP contribution in [0, 0.1) is 5.92 Å². The maximum atomic E-state index is 6.46. The van der Waals surface area contributed by atoms with E-state index in [0.717, 1.165) is 31.6 Å². The van der Waals surface area contributed by atoms with Gasteiger partial charge in [-0.2, -0.15) is 4.98 Å². The summed E-state index contributed by atoms with van der Waals surface area (Å²) >= 11 is 0. The fourth-order valence-electron chi connectivity index (χ4n) is 2.78. The molecular formula is C15H27N3O3. The van der Waals surface area contributed by atoms with Crippen LogP contribution in [0.2, 0.25) is 0 Å². The van der Waals surface area contributed by atoms with Gasteiger partial charge >= 0.3 is 0 Å². The minimum Gasteiger partial charge on any atom is -0.382 e. The topological polar surface area (TPSA) is 83.4 Å². The molecule has 6 heteroatoms. The van der Waals surface area contributed by atoms with Crippen molar-refractivity contribution in [3.8, 4) is 0 Å². The molecule has 21 heavy (non-hydrogen) atoms. The van der Waals surface area contributed by atoms with Crippen LogP contribution in [0.1, 0.15) is 50.7 Å². The van der Waals surface area contributed by atoms with Crippen molar-refractivity contribution in [1.29, 1.82) is 0 Å². The normalized spacial score (nSPS) is 26.1. The van der Waals surface area contributed by atoms with Gasteiger partial charge in [0.1, 0.15) is 0 Å². The van der Waals surface area contributed by atoms with Gasteiger partial charge in [0, 0.05) is 13.5 Å². The first kappa shape index (κ1) is 16.4. The highest BCUT2D eigenvalue weighted by Crippen LogP contribution is 2.37. The van der Waals surface area contributed by atoms with Gasteiger partial charge in [0.05, 0.1) is 25.4 Å². The highest BCUT2D eigenvalue weighted by Gasteiger charge is 2.37. The maximum absolute atomic E-state index is 6.46. The van der Waals surface area contributed by atoms with Gasteiger partial charge < -0.3 is 19.7 Å². The summed E-state index contributed by atoms with van der Waals surface area (Å²) in [7, 11) is 1.66. The lowest BCUT2D eigenvalue weighted by atomic mass is 9.76. The molecule has 0 atom stereocenters. The highest BCUT2D eigenvalue weighted by atomic mass is 16.5. The fraction of sp³-hybridized carbons (Fsp3) is 0.867. The van der Waals surface area contributed by atoms with E-state index in [0.29, 0.717) is 38.0 Å². The van der Waals surface area contributed by atoms with E-state index in [1.165, 1.54) is 6.42 Å². The molecule has 120 valence electrons. The summed E-state index contributed by atoms with van der Waals surface area (Å²) in [5.74, 6) is 2.05. The molecule has 0 radical (unpaired) electrons. The van der Waals surface area contributed by atoms with Crippen LogP contribution in [-0.2, 0) is 21.4 Å². The van der Waals surface area contributed by atoms with Crippen molar-refractivity contribution in [2.24, 2.45) is 11.7 Å². The number of nitrogens with two attached hydrogens (primary N) is 1. The minimum absolute atomic E-state index is 0.437. The molecule has 1 fully saturated rings. The molecule has 2 N–H and O–H groups in total. The summed E-state index contributed by atoms with van der Waals surface area (Å²) < 4.78 is 15.7. The third-order valence-corrected chi connectivity index (χ3v) is 4.37. The first-order valence-electron chi connectivity index (χ1n) is 7.86. The molecule has 1 heterocycles. The summed E-state index contributed by atoms with van der Waals surface area (Å²) in [4.78, 5) is 4.46. The van der Waals surface area contributed by atoms with E-state index in [1.807, 2.05) is 0 Å². The number of rotatable bonds is 8. The predicted octanol–water partition coefficient (Wildman–Crippen LogP) is 2.03. The summed E-state index contributed by atoms with van der Waals surface area (Å²) in [5, 5.41) is 4.02. The Balaban J connectivity index is 1.82. The number of nitrogens with zero attached hydrogens (tertiary/aromatic N) is 2. The second kappa shape index (κ2) is 7.87. The summed E-state index contributed by atoms with van der Waals surface area (Å²) in [6.45, 7) is 3.99. The molecule has 0 aliphatic heterocycles. The van der Waals surface area contributed by atoms with E-state index in [2.05, 4.69) is 17.1 Å². The van der Waals surface area contributed by atoms with E-state index in [1.54, 1.807) is 7.11 Å². The van der Waals surface area contributed by atoms with Gasteiger partial charge in [-0.1, -0.05) is 18.5 Å². The highest BCUT2D eigenvalue weighted by molar-refractivity contribution is 5.04. The SMILES string of the molecule is CCC1CCC(N)(c2nc(CCOCCOC)no2)CC1. The van der Waals surface area contributed by atoms with Crippen LogP contribution >= 0.6 is 0 Å². The van der Waals surface area contributed by atoms with Crippen molar-refractivity contribution in [1.82, 2.24) is 10.1 Å². The van der Waals surface area contributed by atoms with Crippen LogP contribution in [0.15, 0.2) is 4.52 Å². The second-order valence-electron chi connectivity index (χ2n) is 5.88. The summed E-state index contributed by atoms with van der Waals surface area (Å²) in [6.07, 6.45) is 6.01. The number of ether oxygens (including phenoxy) is 2. The Bertz CT molecular complexity index is 414. The Morgan fingerprint density at radius 1 is 1.29 bits per heavy atom. The molecule has 6 nitrogen and oxygen atoms in total. The zero-order chi connectivity index (χ0) is 15.1. The Labute approximate surface area is 126 Å². The molecule has 2 rings (SSSR count). The van der Waals surface area contributed by atoms with Gasteiger partial charge in [-0.15, -0.1) is 0 Å². The van der Waals surface area contributed by atoms with Gasteiger partial charge in [-0.3, -0.25) is 0 Å². The van der Waals surface area contributed by atoms with Crippen LogP contribution in [0.3, 0.4) is 0 Å². The first-order chi connectivity index (χ1) is 10.2. The molecule has 1 aromatic rings. The van der Waals surface area contributed by atoms with Crippen LogP contribution in [-0.4, -0.2) is 37.1 Å². The monoisotopic (exact) mass is 297 g/mol. The van der Waals surface area contributed by atoms with Crippen LogP contribution < -0.4 is 5.73 Å².